The number of unbranched alkanes of at least 4 members (excludes halogenated alkanes) is 15. The topological polar surface area (TPSA) is 20.2 Å². The van der Waals surface area contributed by atoms with Gasteiger partial charge in [-0.2, -0.15) is 0 Å². The van der Waals surface area contributed by atoms with Crippen LogP contribution in [0.1, 0.15) is 110 Å². The second-order valence-corrected chi connectivity index (χ2v) is 6.53. The van der Waals surface area contributed by atoms with E-state index < -0.39 is 0 Å². The average Bonchev–Trinajstić information content (AvgIpc) is 2.54. The third kappa shape index (κ3) is 19.7. The molecule has 0 saturated carbocycles. The fourth-order valence-electron chi connectivity index (χ4n) is 2.77. The molecule has 0 atom stereocenters. The Morgan fingerprint density at radius 2 is 1.00 bits per heavy atom. The van der Waals surface area contributed by atoms with Crippen molar-refractivity contribution >= 4 is 0 Å². The molecule has 0 bridgehead atoms. The van der Waals surface area contributed by atoms with Crippen LogP contribution in [0.2, 0.25) is 0 Å². The van der Waals surface area contributed by atoms with Gasteiger partial charge in [0, 0.05) is 6.61 Å². The van der Waals surface area contributed by atoms with Gasteiger partial charge < -0.3 is 5.11 Å². The summed E-state index contributed by atoms with van der Waals surface area (Å²) in [5, 5.41) is 8.66. The molecule has 22 heavy (non-hydrogen) atoms. The first-order valence-electron chi connectivity index (χ1n) is 9.99. The molecule has 0 saturated heterocycles. The molecule has 0 aromatic carbocycles. The van der Waals surface area contributed by atoms with E-state index in [9.17, 15) is 0 Å². The number of aliphatic hydroxyl groups excluding tert-OH is 1. The van der Waals surface area contributed by atoms with E-state index in [1.807, 2.05) is 0 Å². The Kier molecular flexibility index (Phi) is 20.4. The maximum Gasteiger partial charge on any atom is 0.0433 e. The lowest BCUT2D eigenvalue weighted by Gasteiger charge is -2.01. The van der Waals surface area contributed by atoms with Crippen molar-refractivity contribution in [3.63, 3.8) is 0 Å². The smallest absolute Gasteiger partial charge is 0.0433 e. The van der Waals surface area contributed by atoms with Gasteiger partial charge in [0.2, 0.25) is 0 Å². The monoisotopic (exact) mass is 309 g/mol. The van der Waals surface area contributed by atoms with Crippen molar-refractivity contribution in [3.05, 3.63) is 18.6 Å². The SMILES string of the molecule is CCCCCCCC/C=C\CCCCCCCC[CH]CCO. The Bertz CT molecular complexity index is 210. The molecule has 0 aromatic rings. The molecule has 0 aliphatic rings. The minimum absolute atomic E-state index is 0.312. The van der Waals surface area contributed by atoms with Crippen molar-refractivity contribution < 1.29 is 5.11 Å². The zero-order valence-corrected chi connectivity index (χ0v) is 15.2. The van der Waals surface area contributed by atoms with Gasteiger partial charge in [-0.1, -0.05) is 89.7 Å². The third-order valence-electron chi connectivity index (χ3n) is 4.25. The van der Waals surface area contributed by atoms with Gasteiger partial charge in [0.25, 0.3) is 0 Å². The van der Waals surface area contributed by atoms with Gasteiger partial charge in [0.1, 0.15) is 0 Å². The number of rotatable bonds is 18. The number of allylic oxidation sites excluding steroid dienone is 2. The highest BCUT2D eigenvalue weighted by Crippen LogP contribution is 2.11. The molecule has 0 aliphatic carbocycles. The van der Waals surface area contributed by atoms with Crippen LogP contribution in [-0.4, -0.2) is 11.7 Å². The highest BCUT2D eigenvalue weighted by atomic mass is 16.2. The van der Waals surface area contributed by atoms with Crippen LogP contribution in [0.4, 0.5) is 0 Å². The van der Waals surface area contributed by atoms with Crippen molar-refractivity contribution in [2.75, 3.05) is 6.61 Å². The Morgan fingerprint density at radius 1 is 0.545 bits per heavy atom. The maximum absolute atomic E-state index is 8.66. The predicted octanol–water partition coefficient (Wildman–Crippen LogP) is 7.00. The molecule has 0 unspecified atom stereocenters. The molecule has 0 amide bonds. The van der Waals surface area contributed by atoms with Crippen molar-refractivity contribution in [3.8, 4) is 0 Å². The summed E-state index contributed by atoms with van der Waals surface area (Å²) in [4.78, 5) is 0. The van der Waals surface area contributed by atoms with E-state index in [0.717, 1.165) is 6.42 Å². The lowest BCUT2D eigenvalue weighted by Crippen LogP contribution is -1.85. The van der Waals surface area contributed by atoms with Gasteiger partial charge in [-0.15, -0.1) is 0 Å². The lowest BCUT2D eigenvalue weighted by molar-refractivity contribution is 0.296. The predicted molar refractivity (Wildman–Crippen MR) is 100 cm³/mol. The van der Waals surface area contributed by atoms with E-state index in [1.165, 1.54) is 96.3 Å². The van der Waals surface area contributed by atoms with Crippen LogP contribution in [0.5, 0.6) is 0 Å². The van der Waals surface area contributed by atoms with Gasteiger partial charge in [-0.05, 0) is 38.5 Å². The van der Waals surface area contributed by atoms with Crippen molar-refractivity contribution in [2.45, 2.75) is 110 Å². The molecule has 131 valence electrons. The molecule has 1 heteroatoms. The number of hydrogen-bond donors (Lipinski definition) is 1. The molecule has 0 spiro atoms. The normalized spacial score (nSPS) is 11.5. The van der Waals surface area contributed by atoms with Crippen LogP contribution in [0.25, 0.3) is 0 Å². The molecule has 0 heterocycles. The Morgan fingerprint density at radius 3 is 1.50 bits per heavy atom. The first-order chi connectivity index (χ1) is 10.9. The van der Waals surface area contributed by atoms with Crippen LogP contribution in [0.3, 0.4) is 0 Å². The van der Waals surface area contributed by atoms with E-state index in [0.29, 0.717) is 6.61 Å². The van der Waals surface area contributed by atoms with Gasteiger partial charge in [0.15, 0.2) is 0 Å². The van der Waals surface area contributed by atoms with Gasteiger partial charge >= 0.3 is 0 Å². The van der Waals surface area contributed by atoms with Gasteiger partial charge in [0.05, 0.1) is 0 Å². The molecule has 1 N–H and O–H groups in total. The zero-order valence-electron chi connectivity index (χ0n) is 15.2. The number of hydrogen-bond acceptors (Lipinski definition) is 1. The average molecular weight is 310 g/mol. The van der Waals surface area contributed by atoms with E-state index in [1.54, 1.807) is 0 Å². The summed E-state index contributed by atoms with van der Waals surface area (Å²) in [6.45, 7) is 2.59. The van der Waals surface area contributed by atoms with Crippen molar-refractivity contribution in [1.29, 1.82) is 0 Å². The minimum Gasteiger partial charge on any atom is -0.396 e. The van der Waals surface area contributed by atoms with Gasteiger partial charge in [-0.3, -0.25) is 0 Å². The maximum atomic E-state index is 8.66. The summed E-state index contributed by atoms with van der Waals surface area (Å²) < 4.78 is 0. The van der Waals surface area contributed by atoms with Crippen LogP contribution in [0.15, 0.2) is 12.2 Å². The summed E-state index contributed by atoms with van der Waals surface area (Å²) in [6, 6.07) is 0. The largest absolute Gasteiger partial charge is 0.396 e. The van der Waals surface area contributed by atoms with E-state index in [-0.39, 0.29) is 0 Å². The quantitative estimate of drug-likeness (QED) is 0.213. The zero-order chi connectivity index (χ0) is 16.1. The van der Waals surface area contributed by atoms with E-state index in [4.69, 9.17) is 5.11 Å². The Hall–Kier alpha value is -0.300. The Balaban J connectivity index is 3.02. The van der Waals surface area contributed by atoms with Crippen molar-refractivity contribution in [2.24, 2.45) is 0 Å². The van der Waals surface area contributed by atoms with Crippen LogP contribution < -0.4 is 0 Å². The highest BCUT2D eigenvalue weighted by molar-refractivity contribution is 4.81. The van der Waals surface area contributed by atoms with E-state index >= 15 is 0 Å². The first-order valence-corrected chi connectivity index (χ1v) is 9.99. The molecule has 0 rings (SSSR count). The van der Waals surface area contributed by atoms with Gasteiger partial charge in [-0.25, -0.2) is 0 Å². The number of aliphatic hydroxyl groups is 1. The van der Waals surface area contributed by atoms with Crippen LogP contribution in [0, 0.1) is 6.42 Å². The standard InChI is InChI=1S/C21H41O/c1-2-3-4-5-6-7-8-9-10-11-12-13-14-15-16-17-18-19-20-21-22/h9-10,19,22H,2-8,11-18,20-21H2,1H3/b10-9-. The molecule has 0 fully saturated rings. The Labute approximate surface area is 140 Å². The summed E-state index contributed by atoms with van der Waals surface area (Å²) >= 11 is 0. The second-order valence-electron chi connectivity index (χ2n) is 6.53. The van der Waals surface area contributed by atoms with Crippen LogP contribution >= 0.6 is 0 Å². The van der Waals surface area contributed by atoms with E-state index in [2.05, 4.69) is 25.5 Å². The second kappa shape index (κ2) is 20.7. The van der Waals surface area contributed by atoms with Crippen LogP contribution in [-0.2, 0) is 0 Å². The third-order valence-corrected chi connectivity index (χ3v) is 4.25. The first kappa shape index (κ1) is 21.7. The molecular formula is C21H41O. The minimum atomic E-state index is 0.312. The fraction of sp³-hybridized carbons (Fsp3) is 0.857. The van der Waals surface area contributed by atoms with Crippen molar-refractivity contribution in [1.82, 2.24) is 0 Å². The molecule has 0 aromatic heterocycles. The summed E-state index contributed by atoms with van der Waals surface area (Å²) in [5.41, 5.74) is 0. The summed E-state index contributed by atoms with van der Waals surface area (Å²) in [5.74, 6) is 0. The highest BCUT2D eigenvalue weighted by Gasteiger charge is 1.92. The summed E-state index contributed by atoms with van der Waals surface area (Å²) in [6.07, 6.45) is 28.2. The fourth-order valence-corrected chi connectivity index (χ4v) is 2.77. The molecule has 1 nitrogen and oxygen atoms in total. The molecular weight excluding hydrogens is 268 g/mol. The lowest BCUT2D eigenvalue weighted by atomic mass is 10.1. The molecule has 0 aliphatic heterocycles. The molecule has 1 radical (unpaired) electrons. The summed E-state index contributed by atoms with van der Waals surface area (Å²) in [7, 11) is 0.